The Morgan fingerprint density at radius 2 is 2.14 bits per heavy atom. The van der Waals surface area contributed by atoms with Gasteiger partial charge in [0.05, 0.1) is 0 Å². The zero-order chi connectivity index (χ0) is 16.2. The van der Waals surface area contributed by atoms with Crippen molar-refractivity contribution in [3.63, 3.8) is 0 Å². The molecule has 1 amide bonds. The van der Waals surface area contributed by atoms with Gasteiger partial charge in [0.15, 0.2) is 0 Å². The molecule has 0 unspecified atom stereocenters. The molecule has 0 aliphatic carbocycles. The fraction of sp³-hybridized carbons (Fsp3) is 0.667. The summed E-state index contributed by atoms with van der Waals surface area (Å²) in [6.07, 6.45) is 2.41. The number of piperidine rings is 1. The van der Waals surface area contributed by atoms with Crippen LogP contribution in [0.25, 0.3) is 0 Å². The number of carbonyl (C=O) groups excluding carboxylic acids is 1. The molecule has 0 aromatic carbocycles. The third kappa shape index (κ3) is 3.88. The van der Waals surface area contributed by atoms with Crippen LogP contribution in [-0.4, -0.2) is 38.3 Å². The molecule has 1 aliphatic heterocycles. The summed E-state index contributed by atoms with van der Waals surface area (Å²) in [4.78, 5) is 12.0. The fourth-order valence-corrected chi connectivity index (χ4v) is 5.39. The van der Waals surface area contributed by atoms with Crippen LogP contribution in [0, 0.1) is 11.8 Å². The Kier molecular flexibility index (Phi) is 6.00. The highest BCUT2D eigenvalue weighted by Gasteiger charge is 2.33. The summed E-state index contributed by atoms with van der Waals surface area (Å²) in [6, 6.07) is 3.40. The van der Waals surface area contributed by atoms with Crippen molar-refractivity contribution >= 4 is 27.3 Å². The van der Waals surface area contributed by atoms with Crippen molar-refractivity contribution < 1.29 is 13.2 Å². The van der Waals surface area contributed by atoms with Crippen molar-refractivity contribution in [3.8, 4) is 0 Å². The van der Waals surface area contributed by atoms with Crippen molar-refractivity contribution in [1.82, 2.24) is 9.62 Å². The Morgan fingerprint density at radius 3 is 2.68 bits per heavy atom. The van der Waals surface area contributed by atoms with Crippen LogP contribution in [0.1, 0.15) is 33.1 Å². The highest BCUT2D eigenvalue weighted by Crippen LogP contribution is 2.29. The molecular weight excluding hydrogens is 320 g/mol. The first kappa shape index (κ1) is 17.4. The minimum Gasteiger partial charge on any atom is -0.356 e. The number of hydrogen-bond donors (Lipinski definition) is 1. The average Bonchev–Trinajstić information content (AvgIpc) is 3.07. The summed E-state index contributed by atoms with van der Waals surface area (Å²) in [5, 5.41) is 4.70. The van der Waals surface area contributed by atoms with E-state index in [9.17, 15) is 13.2 Å². The van der Waals surface area contributed by atoms with E-state index in [0.717, 1.165) is 19.3 Å². The number of thiophene rings is 1. The monoisotopic (exact) mass is 344 g/mol. The second-order valence-corrected chi connectivity index (χ2v) is 8.87. The van der Waals surface area contributed by atoms with Crippen LogP contribution in [0.5, 0.6) is 0 Å². The second-order valence-electron chi connectivity index (χ2n) is 5.75. The smallest absolute Gasteiger partial charge is 0.252 e. The molecule has 1 aromatic rings. The SMILES string of the molecule is CCCNC(=O)[C@@H](C)C1CCN(S(=O)(=O)c2cccs2)CC1. The highest BCUT2D eigenvalue weighted by atomic mass is 32.2. The van der Waals surface area contributed by atoms with Crippen molar-refractivity contribution in [1.29, 1.82) is 0 Å². The fourth-order valence-electron chi connectivity index (χ4n) is 2.78. The summed E-state index contributed by atoms with van der Waals surface area (Å²) in [7, 11) is -3.35. The Bertz CT molecular complexity index is 576. The van der Waals surface area contributed by atoms with Crippen LogP contribution in [0.2, 0.25) is 0 Å². The van der Waals surface area contributed by atoms with Crippen LogP contribution in [0.4, 0.5) is 0 Å². The zero-order valence-electron chi connectivity index (χ0n) is 13.1. The predicted molar refractivity (Wildman–Crippen MR) is 88.3 cm³/mol. The van der Waals surface area contributed by atoms with Crippen molar-refractivity contribution in [2.75, 3.05) is 19.6 Å². The molecule has 1 N–H and O–H groups in total. The van der Waals surface area contributed by atoms with Gasteiger partial charge in [-0.3, -0.25) is 4.79 Å². The minimum atomic E-state index is -3.35. The number of carbonyl (C=O) groups is 1. The van der Waals surface area contributed by atoms with Crippen LogP contribution >= 0.6 is 11.3 Å². The van der Waals surface area contributed by atoms with Crippen molar-refractivity contribution in [2.45, 2.75) is 37.3 Å². The maximum absolute atomic E-state index is 12.5. The number of sulfonamides is 1. The minimum absolute atomic E-state index is 0.0573. The van der Waals surface area contributed by atoms with E-state index >= 15 is 0 Å². The van der Waals surface area contributed by atoms with E-state index in [1.54, 1.807) is 21.8 Å². The molecule has 1 aliphatic rings. The van der Waals surface area contributed by atoms with E-state index in [1.165, 1.54) is 11.3 Å². The standard InChI is InChI=1S/C15H24N2O3S2/c1-3-8-16-15(18)12(2)13-6-9-17(10-7-13)22(19,20)14-5-4-11-21-14/h4-5,11-13H,3,6-10H2,1-2H3,(H,16,18)/t12-/m0/s1. The van der Waals surface area contributed by atoms with Crippen molar-refractivity contribution in [3.05, 3.63) is 17.5 Å². The van der Waals surface area contributed by atoms with E-state index in [2.05, 4.69) is 5.32 Å². The lowest BCUT2D eigenvalue weighted by Crippen LogP contribution is -2.42. The van der Waals surface area contributed by atoms with Crippen LogP contribution in [0.15, 0.2) is 21.7 Å². The summed E-state index contributed by atoms with van der Waals surface area (Å²) in [5.74, 6) is 0.284. The van der Waals surface area contributed by atoms with Gasteiger partial charge in [0.25, 0.3) is 10.0 Å². The molecule has 1 aromatic heterocycles. The molecule has 0 bridgehead atoms. The van der Waals surface area contributed by atoms with Gasteiger partial charge in [-0.15, -0.1) is 11.3 Å². The Balaban J connectivity index is 1.92. The van der Waals surface area contributed by atoms with E-state index in [0.29, 0.717) is 23.8 Å². The highest BCUT2D eigenvalue weighted by molar-refractivity contribution is 7.91. The van der Waals surface area contributed by atoms with Gasteiger partial charge in [-0.2, -0.15) is 4.31 Å². The summed E-state index contributed by atoms with van der Waals surface area (Å²) >= 11 is 1.25. The molecule has 0 radical (unpaired) electrons. The number of hydrogen-bond acceptors (Lipinski definition) is 4. The first-order chi connectivity index (χ1) is 10.5. The Hall–Kier alpha value is -0.920. The largest absolute Gasteiger partial charge is 0.356 e. The number of nitrogens with zero attached hydrogens (tertiary/aromatic N) is 1. The van der Waals surface area contributed by atoms with Gasteiger partial charge in [0, 0.05) is 25.6 Å². The molecule has 1 atom stereocenters. The molecule has 7 heteroatoms. The van der Waals surface area contributed by atoms with Gasteiger partial charge in [-0.1, -0.05) is 19.9 Å². The Labute approximate surface area is 136 Å². The lowest BCUT2D eigenvalue weighted by atomic mass is 9.85. The predicted octanol–water partition coefficient (Wildman–Crippen LogP) is 2.31. The molecule has 22 heavy (non-hydrogen) atoms. The first-order valence-electron chi connectivity index (χ1n) is 7.78. The topological polar surface area (TPSA) is 66.5 Å². The van der Waals surface area contributed by atoms with Gasteiger partial charge < -0.3 is 5.32 Å². The third-order valence-electron chi connectivity index (χ3n) is 4.26. The molecule has 5 nitrogen and oxygen atoms in total. The maximum Gasteiger partial charge on any atom is 0.252 e. The average molecular weight is 345 g/mol. The van der Waals surface area contributed by atoms with E-state index in [1.807, 2.05) is 13.8 Å². The molecule has 124 valence electrons. The number of nitrogens with one attached hydrogen (secondary N) is 1. The molecule has 2 heterocycles. The molecule has 0 saturated carbocycles. The van der Waals surface area contributed by atoms with Crippen LogP contribution in [-0.2, 0) is 14.8 Å². The summed E-state index contributed by atoms with van der Waals surface area (Å²) in [6.45, 7) is 5.67. The summed E-state index contributed by atoms with van der Waals surface area (Å²) < 4.78 is 26.9. The van der Waals surface area contributed by atoms with Crippen LogP contribution < -0.4 is 5.32 Å². The molecule has 2 rings (SSSR count). The van der Waals surface area contributed by atoms with E-state index in [4.69, 9.17) is 0 Å². The first-order valence-corrected chi connectivity index (χ1v) is 10.1. The second kappa shape index (κ2) is 7.57. The molecule has 0 spiro atoms. The lowest BCUT2D eigenvalue weighted by molar-refractivity contribution is -0.126. The third-order valence-corrected chi connectivity index (χ3v) is 7.53. The summed E-state index contributed by atoms with van der Waals surface area (Å²) in [5.41, 5.74) is 0. The van der Waals surface area contributed by atoms with Crippen molar-refractivity contribution in [2.24, 2.45) is 11.8 Å². The van der Waals surface area contributed by atoms with Crippen LogP contribution in [0.3, 0.4) is 0 Å². The van der Waals surface area contributed by atoms with Gasteiger partial charge in [0.1, 0.15) is 4.21 Å². The maximum atomic E-state index is 12.5. The quantitative estimate of drug-likeness (QED) is 0.861. The number of rotatable bonds is 6. The molecule has 1 fully saturated rings. The van der Waals surface area contributed by atoms with Gasteiger partial charge in [-0.25, -0.2) is 8.42 Å². The zero-order valence-corrected chi connectivity index (χ0v) is 14.8. The lowest BCUT2D eigenvalue weighted by Gasteiger charge is -2.33. The Morgan fingerprint density at radius 1 is 1.45 bits per heavy atom. The number of amides is 1. The molecule has 1 saturated heterocycles. The normalized spacial score (nSPS) is 19.0. The van der Waals surface area contributed by atoms with E-state index in [-0.39, 0.29) is 17.7 Å². The van der Waals surface area contributed by atoms with E-state index < -0.39 is 10.0 Å². The van der Waals surface area contributed by atoms with Gasteiger partial charge >= 0.3 is 0 Å². The molecular formula is C15H24N2O3S2. The van der Waals surface area contributed by atoms with Gasteiger partial charge in [0.2, 0.25) is 5.91 Å². The van der Waals surface area contributed by atoms with Gasteiger partial charge in [-0.05, 0) is 36.6 Å².